The van der Waals surface area contributed by atoms with Crippen LogP contribution in [0.1, 0.15) is 38.5 Å². The fourth-order valence-electron chi connectivity index (χ4n) is 3.61. The molecule has 24 heavy (non-hydrogen) atoms. The number of carbonyl (C=O) groups excluding carboxylic acids is 2. The van der Waals surface area contributed by atoms with Gasteiger partial charge < -0.3 is 10.1 Å². The molecule has 2 fully saturated rings. The Morgan fingerprint density at radius 3 is 2.62 bits per heavy atom. The summed E-state index contributed by atoms with van der Waals surface area (Å²) in [6, 6.07) is 6.85. The van der Waals surface area contributed by atoms with Crippen molar-refractivity contribution < 1.29 is 14.3 Å². The molecule has 1 saturated carbocycles. The Morgan fingerprint density at radius 2 is 1.92 bits per heavy atom. The van der Waals surface area contributed by atoms with Gasteiger partial charge in [0.1, 0.15) is 12.6 Å². The number of amides is 1. The first-order valence-electron chi connectivity index (χ1n) is 8.61. The van der Waals surface area contributed by atoms with E-state index in [2.05, 4.69) is 10.2 Å². The maximum Gasteiger partial charge on any atom is 0.323 e. The van der Waals surface area contributed by atoms with E-state index in [1.54, 1.807) is 24.3 Å². The third-order valence-electron chi connectivity index (χ3n) is 4.82. The van der Waals surface area contributed by atoms with E-state index in [0.717, 1.165) is 19.4 Å². The van der Waals surface area contributed by atoms with Gasteiger partial charge in [-0.25, -0.2) is 0 Å². The van der Waals surface area contributed by atoms with Crippen molar-refractivity contribution in [2.45, 2.75) is 50.6 Å². The number of nitrogens with zero attached hydrogens (tertiary/aromatic N) is 1. The third kappa shape index (κ3) is 4.28. The van der Waals surface area contributed by atoms with Crippen LogP contribution in [0.25, 0.3) is 0 Å². The first kappa shape index (κ1) is 17.2. The van der Waals surface area contributed by atoms with Crippen LogP contribution in [-0.4, -0.2) is 42.0 Å². The lowest BCUT2D eigenvalue weighted by Crippen LogP contribution is -2.54. The molecule has 6 heteroatoms. The molecule has 1 amide bonds. The molecule has 1 N–H and O–H groups in total. The van der Waals surface area contributed by atoms with Crippen LogP contribution >= 0.6 is 11.6 Å². The predicted molar refractivity (Wildman–Crippen MR) is 93.0 cm³/mol. The van der Waals surface area contributed by atoms with Crippen molar-refractivity contribution in [3.05, 3.63) is 29.3 Å². The molecule has 0 radical (unpaired) electrons. The SMILES string of the molecule is O=C(C[C@@H]1C(=O)OCCN1C1CCCCC1)Nc1ccc(Cl)cc1. The zero-order valence-electron chi connectivity index (χ0n) is 13.7. The van der Waals surface area contributed by atoms with E-state index in [-0.39, 0.29) is 18.3 Å². The van der Waals surface area contributed by atoms with Gasteiger partial charge in [-0.2, -0.15) is 0 Å². The second-order valence-electron chi connectivity index (χ2n) is 6.47. The van der Waals surface area contributed by atoms with Crippen molar-refractivity contribution in [1.29, 1.82) is 0 Å². The van der Waals surface area contributed by atoms with E-state index in [1.165, 1.54) is 19.3 Å². The number of anilines is 1. The number of ether oxygens (including phenoxy) is 1. The Bertz CT molecular complexity index is 584. The molecule has 1 atom stereocenters. The highest BCUT2D eigenvalue weighted by molar-refractivity contribution is 6.30. The number of carbonyl (C=O) groups is 2. The van der Waals surface area contributed by atoms with E-state index in [9.17, 15) is 9.59 Å². The number of rotatable bonds is 4. The van der Waals surface area contributed by atoms with Crippen LogP contribution in [0.15, 0.2) is 24.3 Å². The van der Waals surface area contributed by atoms with Crippen LogP contribution in [0.3, 0.4) is 0 Å². The van der Waals surface area contributed by atoms with Crippen LogP contribution < -0.4 is 5.32 Å². The molecule has 1 heterocycles. The first-order chi connectivity index (χ1) is 11.6. The number of esters is 1. The molecule has 1 aromatic rings. The largest absolute Gasteiger partial charge is 0.463 e. The molecule has 0 bridgehead atoms. The topological polar surface area (TPSA) is 58.6 Å². The number of halogens is 1. The molecule has 2 aliphatic rings. The molecule has 130 valence electrons. The van der Waals surface area contributed by atoms with Crippen molar-refractivity contribution in [3.8, 4) is 0 Å². The van der Waals surface area contributed by atoms with Gasteiger partial charge >= 0.3 is 5.97 Å². The summed E-state index contributed by atoms with van der Waals surface area (Å²) >= 11 is 5.85. The maximum atomic E-state index is 12.4. The van der Waals surface area contributed by atoms with Gasteiger partial charge in [-0.1, -0.05) is 30.9 Å². The average Bonchev–Trinajstić information content (AvgIpc) is 2.59. The number of cyclic esters (lactones) is 1. The van der Waals surface area contributed by atoms with Crippen molar-refractivity contribution >= 4 is 29.2 Å². The van der Waals surface area contributed by atoms with Gasteiger partial charge in [0.15, 0.2) is 0 Å². The second-order valence-corrected chi connectivity index (χ2v) is 6.91. The van der Waals surface area contributed by atoms with Crippen molar-refractivity contribution in [3.63, 3.8) is 0 Å². The number of benzene rings is 1. The lowest BCUT2D eigenvalue weighted by Gasteiger charge is -2.41. The quantitative estimate of drug-likeness (QED) is 0.847. The zero-order valence-corrected chi connectivity index (χ0v) is 14.4. The highest BCUT2D eigenvalue weighted by Gasteiger charge is 2.37. The Morgan fingerprint density at radius 1 is 1.21 bits per heavy atom. The van der Waals surface area contributed by atoms with E-state index in [0.29, 0.717) is 23.4 Å². The Balaban J connectivity index is 1.64. The second kappa shape index (κ2) is 7.99. The molecule has 1 aliphatic carbocycles. The zero-order chi connectivity index (χ0) is 16.9. The van der Waals surface area contributed by atoms with Crippen LogP contribution in [0.2, 0.25) is 5.02 Å². The highest BCUT2D eigenvalue weighted by Crippen LogP contribution is 2.27. The molecular weight excluding hydrogens is 328 g/mol. The minimum absolute atomic E-state index is 0.123. The number of hydrogen-bond donors (Lipinski definition) is 1. The molecule has 0 aromatic heterocycles. The summed E-state index contributed by atoms with van der Waals surface area (Å²) in [4.78, 5) is 26.8. The summed E-state index contributed by atoms with van der Waals surface area (Å²) in [5, 5.41) is 3.45. The smallest absolute Gasteiger partial charge is 0.323 e. The van der Waals surface area contributed by atoms with Gasteiger partial charge in [0.2, 0.25) is 5.91 Å². The van der Waals surface area contributed by atoms with Crippen LogP contribution in [0, 0.1) is 0 Å². The summed E-state index contributed by atoms with van der Waals surface area (Å²) in [6.45, 7) is 1.14. The molecule has 1 saturated heterocycles. The van der Waals surface area contributed by atoms with Crippen LogP contribution in [0.5, 0.6) is 0 Å². The fourth-order valence-corrected chi connectivity index (χ4v) is 3.74. The molecule has 1 aliphatic heterocycles. The van der Waals surface area contributed by atoms with Gasteiger partial charge in [-0.3, -0.25) is 14.5 Å². The standard InChI is InChI=1S/C18H23ClN2O3/c19-13-6-8-14(9-7-13)20-17(22)12-16-18(23)24-11-10-21(16)15-4-2-1-3-5-15/h6-9,15-16H,1-5,10-12H2,(H,20,22)/t16-/m1/s1. The normalized spacial score (nSPS) is 22.9. The minimum Gasteiger partial charge on any atom is -0.463 e. The molecule has 3 rings (SSSR count). The lowest BCUT2D eigenvalue weighted by molar-refractivity contribution is -0.161. The summed E-state index contributed by atoms with van der Waals surface area (Å²) in [6.07, 6.45) is 5.97. The molecule has 1 aromatic carbocycles. The summed E-state index contributed by atoms with van der Waals surface area (Å²) in [5.74, 6) is -0.458. The molecule has 0 spiro atoms. The van der Waals surface area contributed by atoms with E-state index in [4.69, 9.17) is 16.3 Å². The van der Waals surface area contributed by atoms with Crippen LogP contribution in [-0.2, 0) is 14.3 Å². The number of morpholine rings is 1. The average molecular weight is 351 g/mol. The number of nitrogens with one attached hydrogen (secondary N) is 1. The summed E-state index contributed by atoms with van der Waals surface area (Å²) < 4.78 is 5.20. The van der Waals surface area contributed by atoms with Gasteiger partial charge in [0.05, 0.1) is 6.42 Å². The highest BCUT2D eigenvalue weighted by atomic mass is 35.5. The fraction of sp³-hybridized carbons (Fsp3) is 0.556. The lowest BCUT2D eigenvalue weighted by atomic mass is 9.92. The Hall–Kier alpha value is -1.59. The predicted octanol–water partition coefficient (Wildman–Crippen LogP) is 3.23. The van der Waals surface area contributed by atoms with Gasteiger partial charge in [0.25, 0.3) is 0 Å². The summed E-state index contributed by atoms with van der Waals surface area (Å²) in [7, 11) is 0. The molecule has 0 unspecified atom stereocenters. The van der Waals surface area contributed by atoms with Gasteiger partial charge in [-0.05, 0) is 37.1 Å². The molecular formula is C18H23ClN2O3. The summed E-state index contributed by atoms with van der Waals surface area (Å²) in [5.41, 5.74) is 0.679. The van der Waals surface area contributed by atoms with Crippen molar-refractivity contribution in [2.24, 2.45) is 0 Å². The molecule has 5 nitrogen and oxygen atoms in total. The Kier molecular flexibility index (Phi) is 5.74. The van der Waals surface area contributed by atoms with E-state index < -0.39 is 6.04 Å². The van der Waals surface area contributed by atoms with E-state index in [1.807, 2.05) is 0 Å². The monoisotopic (exact) mass is 350 g/mol. The number of hydrogen-bond acceptors (Lipinski definition) is 4. The minimum atomic E-state index is -0.478. The van der Waals surface area contributed by atoms with E-state index >= 15 is 0 Å². The van der Waals surface area contributed by atoms with Crippen molar-refractivity contribution in [1.82, 2.24) is 4.90 Å². The maximum absolute atomic E-state index is 12.4. The van der Waals surface area contributed by atoms with Gasteiger partial charge in [0, 0.05) is 23.3 Å². The van der Waals surface area contributed by atoms with Gasteiger partial charge in [-0.15, -0.1) is 0 Å². The van der Waals surface area contributed by atoms with Crippen molar-refractivity contribution in [2.75, 3.05) is 18.5 Å². The first-order valence-corrected chi connectivity index (χ1v) is 8.99. The third-order valence-corrected chi connectivity index (χ3v) is 5.07. The van der Waals surface area contributed by atoms with Crippen LogP contribution in [0.4, 0.5) is 5.69 Å². The Labute approximate surface area is 147 Å².